The summed E-state index contributed by atoms with van der Waals surface area (Å²) in [5, 5.41) is 14.5. The van der Waals surface area contributed by atoms with Crippen LogP contribution >= 0.6 is 0 Å². The van der Waals surface area contributed by atoms with Crippen LogP contribution in [-0.2, 0) is 20.7 Å². The van der Waals surface area contributed by atoms with Crippen LogP contribution in [0, 0.1) is 11.3 Å². The van der Waals surface area contributed by atoms with Crippen molar-refractivity contribution in [1.82, 2.24) is 10.6 Å². The molecule has 0 aromatic heterocycles. The normalized spacial score (nSPS) is 10.5. The van der Waals surface area contributed by atoms with E-state index in [2.05, 4.69) is 10.6 Å². The maximum absolute atomic E-state index is 12.0. The number of hydrogen-bond acceptors (Lipinski definition) is 7. The van der Waals surface area contributed by atoms with Gasteiger partial charge in [-0.15, -0.1) is 0 Å². The first-order chi connectivity index (χ1) is 13.0. The fourth-order valence-corrected chi connectivity index (χ4v) is 2.18. The van der Waals surface area contributed by atoms with Gasteiger partial charge in [-0.1, -0.05) is 6.07 Å². The quantitative estimate of drug-likeness (QED) is 0.260. The van der Waals surface area contributed by atoms with Crippen molar-refractivity contribution in [3.8, 4) is 17.6 Å². The number of methoxy groups -OCH3 is 2. The third-order valence-corrected chi connectivity index (χ3v) is 3.54. The Bertz CT molecular complexity index is 710. The Kier molecular flexibility index (Phi) is 9.86. The van der Waals surface area contributed by atoms with Crippen LogP contribution in [0.25, 0.3) is 0 Å². The third kappa shape index (κ3) is 7.69. The molecule has 0 saturated carbocycles. The Labute approximate surface area is 159 Å². The van der Waals surface area contributed by atoms with E-state index in [-0.39, 0.29) is 24.5 Å². The summed E-state index contributed by atoms with van der Waals surface area (Å²) >= 11 is 0. The first-order valence-corrected chi connectivity index (χ1v) is 8.54. The molecule has 0 radical (unpaired) electrons. The fraction of sp³-hybridized carbons (Fsp3) is 0.421. The summed E-state index contributed by atoms with van der Waals surface area (Å²) in [4.78, 5) is 23.2. The molecular formula is C19H25N3O5. The van der Waals surface area contributed by atoms with Gasteiger partial charge in [0.1, 0.15) is 11.6 Å². The lowest BCUT2D eigenvalue weighted by Gasteiger charge is -2.10. The third-order valence-electron chi connectivity index (χ3n) is 3.54. The molecule has 0 bridgehead atoms. The molecule has 27 heavy (non-hydrogen) atoms. The summed E-state index contributed by atoms with van der Waals surface area (Å²) in [6.07, 6.45) is 2.02. The van der Waals surface area contributed by atoms with Gasteiger partial charge in [0.05, 0.1) is 27.2 Å². The molecule has 1 aromatic carbocycles. The zero-order chi connectivity index (χ0) is 20.1. The molecule has 0 aliphatic carbocycles. The van der Waals surface area contributed by atoms with E-state index in [1.54, 1.807) is 27.2 Å². The van der Waals surface area contributed by atoms with Crippen LogP contribution < -0.4 is 20.1 Å². The Morgan fingerprint density at radius 2 is 1.93 bits per heavy atom. The van der Waals surface area contributed by atoms with Crippen molar-refractivity contribution in [3.05, 3.63) is 35.5 Å². The Morgan fingerprint density at radius 3 is 2.56 bits per heavy atom. The smallest absolute Gasteiger partial charge is 0.307 e. The predicted molar refractivity (Wildman–Crippen MR) is 99.2 cm³/mol. The molecule has 8 nitrogen and oxygen atoms in total. The van der Waals surface area contributed by atoms with Crippen LogP contribution in [0.3, 0.4) is 0 Å². The van der Waals surface area contributed by atoms with E-state index in [9.17, 15) is 9.59 Å². The predicted octanol–water partition coefficient (Wildman–Crippen LogP) is 1.31. The number of nitrogens with zero attached hydrogens (tertiary/aromatic N) is 1. The van der Waals surface area contributed by atoms with Gasteiger partial charge in [0, 0.05) is 19.3 Å². The average Bonchev–Trinajstić information content (AvgIpc) is 2.67. The number of carbonyl (C=O) groups excluding carboxylic acids is 2. The minimum atomic E-state index is -0.485. The SMILES string of the molecule is CCOC(=O)CCN/C=C(/C#N)C(=O)NCCc1ccc(OC)c(OC)c1. The molecule has 0 spiro atoms. The molecular weight excluding hydrogens is 350 g/mol. The molecule has 1 amide bonds. The van der Waals surface area contributed by atoms with E-state index in [1.165, 1.54) is 6.20 Å². The van der Waals surface area contributed by atoms with E-state index >= 15 is 0 Å². The van der Waals surface area contributed by atoms with Crippen LogP contribution in [0.15, 0.2) is 30.0 Å². The number of benzene rings is 1. The number of carbonyl (C=O) groups is 2. The Hall–Kier alpha value is -3.21. The largest absolute Gasteiger partial charge is 0.493 e. The summed E-state index contributed by atoms with van der Waals surface area (Å²) in [5.74, 6) is 0.427. The summed E-state index contributed by atoms with van der Waals surface area (Å²) < 4.78 is 15.2. The number of hydrogen-bond donors (Lipinski definition) is 2. The first-order valence-electron chi connectivity index (χ1n) is 8.54. The van der Waals surface area contributed by atoms with Gasteiger partial charge in [0.25, 0.3) is 5.91 Å². The minimum absolute atomic E-state index is 0.0637. The maximum Gasteiger partial charge on any atom is 0.307 e. The van der Waals surface area contributed by atoms with Crippen molar-refractivity contribution < 1.29 is 23.8 Å². The molecule has 0 saturated heterocycles. The summed E-state index contributed by atoms with van der Waals surface area (Å²) in [5.41, 5.74) is 0.897. The molecule has 0 heterocycles. The lowest BCUT2D eigenvalue weighted by molar-refractivity contribution is -0.142. The van der Waals surface area contributed by atoms with Crippen LogP contribution in [0.5, 0.6) is 11.5 Å². The molecule has 146 valence electrons. The van der Waals surface area contributed by atoms with Gasteiger partial charge in [-0.05, 0) is 31.0 Å². The van der Waals surface area contributed by atoms with Gasteiger partial charge in [-0.25, -0.2) is 0 Å². The minimum Gasteiger partial charge on any atom is -0.493 e. The highest BCUT2D eigenvalue weighted by Gasteiger charge is 2.09. The van der Waals surface area contributed by atoms with Gasteiger partial charge in [0.2, 0.25) is 0 Å². The molecule has 1 aromatic rings. The monoisotopic (exact) mass is 375 g/mol. The summed E-state index contributed by atoms with van der Waals surface area (Å²) in [6.45, 7) is 2.69. The van der Waals surface area contributed by atoms with E-state index < -0.39 is 5.91 Å². The van der Waals surface area contributed by atoms with Crippen molar-refractivity contribution in [1.29, 1.82) is 5.26 Å². The highest BCUT2D eigenvalue weighted by Crippen LogP contribution is 2.27. The van der Waals surface area contributed by atoms with Gasteiger partial charge in [-0.2, -0.15) is 5.26 Å². The number of ether oxygens (including phenoxy) is 3. The molecule has 0 aliphatic heterocycles. The van der Waals surface area contributed by atoms with Gasteiger partial charge in [-0.3, -0.25) is 9.59 Å². The second-order valence-electron chi connectivity index (χ2n) is 5.37. The van der Waals surface area contributed by atoms with E-state index in [4.69, 9.17) is 19.5 Å². The summed E-state index contributed by atoms with van der Waals surface area (Å²) in [6, 6.07) is 7.34. The number of amides is 1. The fourth-order valence-electron chi connectivity index (χ4n) is 2.18. The molecule has 1 rings (SSSR count). The number of nitriles is 1. The lowest BCUT2D eigenvalue weighted by Crippen LogP contribution is -2.28. The second kappa shape index (κ2) is 12.2. The zero-order valence-corrected chi connectivity index (χ0v) is 15.8. The highest BCUT2D eigenvalue weighted by molar-refractivity contribution is 5.97. The van der Waals surface area contributed by atoms with Gasteiger partial charge in [0.15, 0.2) is 11.5 Å². The van der Waals surface area contributed by atoms with Crippen LogP contribution in [-0.4, -0.2) is 45.8 Å². The molecule has 0 atom stereocenters. The molecule has 0 aliphatic rings. The first kappa shape index (κ1) is 21.8. The summed E-state index contributed by atoms with van der Waals surface area (Å²) in [7, 11) is 3.12. The molecule has 8 heteroatoms. The van der Waals surface area contributed by atoms with Crippen molar-refractivity contribution in [2.75, 3.05) is 33.9 Å². The van der Waals surface area contributed by atoms with Gasteiger partial charge < -0.3 is 24.8 Å². The number of nitrogens with one attached hydrogen (secondary N) is 2. The van der Waals surface area contributed by atoms with Crippen LogP contribution in [0.1, 0.15) is 18.9 Å². The molecule has 2 N–H and O–H groups in total. The number of esters is 1. The van der Waals surface area contributed by atoms with Crippen LogP contribution in [0.4, 0.5) is 0 Å². The van der Waals surface area contributed by atoms with E-state index in [1.807, 2.05) is 18.2 Å². The second-order valence-corrected chi connectivity index (χ2v) is 5.37. The maximum atomic E-state index is 12.0. The van der Waals surface area contributed by atoms with E-state index in [0.29, 0.717) is 31.1 Å². The zero-order valence-electron chi connectivity index (χ0n) is 15.8. The van der Waals surface area contributed by atoms with E-state index in [0.717, 1.165) is 5.56 Å². The standard InChI is InChI=1S/C19H25N3O5/c1-4-27-18(23)8-9-21-13-15(12-20)19(24)22-10-7-14-5-6-16(25-2)17(11-14)26-3/h5-6,11,13,21H,4,7-10H2,1-3H3,(H,22,24)/b15-13-. The highest BCUT2D eigenvalue weighted by atomic mass is 16.5. The van der Waals surface area contributed by atoms with Crippen molar-refractivity contribution in [2.24, 2.45) is 0 Å². The van der Waals surface area contributed by atoms with Crippen molar-refractivity contribution in [3.63, 3.8) is 0 Å². The molecule has 0 unspecified atom stereocenters. The Morgan fingerprint density at radius 1 is 1.19 bits per heavy atom. The number of rotatable bonds is 11. The lowest BCUT2D eigenvalue weighted by atomic mass is 10.1. The van der Waals surface area contributed by atoms with Gasteiger partial charge >= 0.3 is 5.97 Å². The van der Waals surface area contributed by atoms with Crippen LogP contribution in [0.2, 0.25) is 0 Å². The van der Waals surface area contributed by atoms with Crippen molar-refractivity contribution >= 4 is 11.9 Å². The molecule has 0 fully saturated rings. The Balaban J connectivity index is 2.46. The average molecular weight is 375 g/mol. The van der Waals surface area contributed by atoms with Crippen molar-refractivity contribution in [2.45, 2.75) is 19.8 Å². The topological polar surface area (TPSA) is 110 Å².